The zero-order valence-electron chi connectivity index (χ0n) is 11.2. The molecule has 0 amide bonds. The molecule has 94 valence electrons. The first kappa shape index (κ1) is 12.6. The van der Waals surface area contributed by atoms with E-state index in [1.807, 2.05) is 0 Å². The van der Waals surface area contributed by atoms with Gasteiger partial charge in [0, 0.05) is 12.1 Å². The Morgan fingerprint density at radius 3 is 2.18 bits per heavy atom. The SMILES string of the molecule is Cc1ccc([C@H](C)NC2CCCCCC2)cc1. The molecule has 17 heavy (non-hydrogen) atoms. The number of hydrogen-bond acceptors (Lipinski definition) is 1. The summed E-state index contributed by atoms with van der Waals surface area (Å²) in [4.78, 5) is 0. The van der Waals surface area contributed by atoms with E-state index in [1.54, 1.807) is 0 Å². The van der Waals surface area contributed by atoms with E-state index in [0.717, 1.165) is 6.04 Å². The van der Waals surface area contributed by atoms with Crippen molar-refractivity contribution < 1.29 is 0 Å². The summed E-state index contributed by atoms with van der Waals surface area (Å²) in [7, 11) is 0. The van der Waals surface area contributed by atoms with Gasteiger partial charge in [-0.2, -0.15) is 0 Å². The van der Waals surface area contributed by atoms with Crippen LogP contribution in [-0.2, 0) is 0 Å². The summed E-state index contributed by atoms with van der Waals surface area (Å²) >= 11 is 0. The molecule has 2 rings (SSSR count). The van der Waals surface area contributed by atoms with E-state index in [1.165, 1.54) is 49.7 Å². The Balaban J connectivity index is 1.91. The zero-order chi connectivity index (χ0) is 12.1. The average molecular weight is 231 g/mol. The van der Waals surface area contributed by atoms with Gasteiger partial charge in [0.2, 0.25) is 0 Å². The van der Waals surface area contributed by atoms with Crippen molar-refractivity contribution in [1.82, 2.24) is 5.32 Å². The zero-order valence-corrected chi connectivity index (χ0v) is 11.2. The Bertz CT molecular complexity index is 320. The third kappa shape index (κ3) is 3.85. The van der Waals surface area contributed by atoms with Crippen LogP contribution >= 0.6 is 0 Å². The number of rotatable bonds is 3. The average Bonchev–Trinajstić information content (AvgIpc) is 2.58. The van der Waals surface area contributed by atoms with Crippen LogP contribution in [-0.4, -0.2) is 6.04 Å². The van der Waals surface area contributed by atoms with Crippen molar-refractivity contribution in [2.45, 2.75) is 64.5 Å². The Labute approximate surface area is 106 Å². The van der Waals surface area contributed by atoms with Crippen molar-refractivity contribution in [3.05, 3.63) is 35.4 Å². The maximum Gasteiger partial charge on any atom is 0.0294 e. The van der Waals surface area contributed by atoms with Crippen LogP contribution in [0.15, 0.2) is 24.3 Å². The van der Waals surface area contributed by atoms with Gasteiger partial charge in [-0.1, -0.05) is 55.5 Å². The fourth-order valence-electron chi connectivity index (χ4n) is 2.75. The summed E-state index contributed by atoms with van der Waals surface area (Å²) in [5.41, 5.74) is 2.76. The molecule has 0 spiro atoms. The van der Waals surface area contributed by atoms with E-state index < -0.39 is 0 Å². The predicted octanol–water partition coefficient (Wildman–Crippen LogP) is 4.37. The molecule has 0 unspecified atom stereocenters. The molecule has 1 aliphatic carbocycles. The van der Waals surface area contributed by atoms with Gasteiger partial charge in [-0.05, 0) is 32.3 Å². The Morgan fingerprint density at radius 1 is 1.00 bits per heavy atom. The molecule has 1 N–H and O–H groups in total. The first-order valence-corrected chi connectivity index (χ1v) is 7.08. The minimum atomic E-state index is 0.485. The minimum absolute atomic E-state index is 0.485. The van der Waals surface area contributed by atoms with Gasteiger partial charge in [-0.25, -0.2) is 0 Å². The van der Waals surface area contributed by atoms with Crippen molar-refractivity contribution in [3.8, 4) is 0 Å². The third-order valence-electron chi connectivity index (χ3n) is 3.92. The lowest BCUT2D eigenvalue weighted by Crippen LogP contribution is -2.31. The summed E-state index contributed by atoms with van der Waals surface area (Å²) in [6.45, 7) is 4.43. The van der Waals surface area contributed by atoms with Gasteiger partial charge in [0.15, 0.2) is 0 Å². The van der Waals surface area contributed by atoms with Crippen LogP contribution in [0, 0.1) is 6.92 Å². The minimum Gasteiger partial charge on any atom is -0.307 e. The van der Waals surface area contributed by atoms with E-state index in [4.69, 9.17) is 0 Å². The highest BCUT2D eigenvalue weighted by molar-refractivity contribution is 5.23. The smallest absolute Gasteiger partial charge is 0.0294 e. The lowest BCUT2D eigenvalue weighted by molar-refractivity contribution is 0.414. The van der Waals surface area contributed by atoms with Gasteiger partial charge in [0.1, 0.15) is 0 Å². The van der Waals surface area contributed by atoms with Crippen LogP contribution in [0.25, 0.3) is 0 Å². The summed E-state index contributed by atoms with van der Waals surface area (Å²) in [5, 5.41) is 3.79. The van der Waals surface area contributed by atoms with Crippen LogP contribution in [0.2, 0.25) is 0 Å². The quantitative estimate of drug-likeness (QED) is 0.762. The third-order valence-corrected chi connectivity index (χ3v) is 3.92. The molecule has 1 aromatic rings. The Kier molecular flexibility index (Phi) is 4.61. The maximum absolute atomic E-state index is 3.79. The fraction of sp³-hybridized carbons (Fsp3) is 0.625. The molecule has 1 aromatic carbocycles. The molecule has 1 atom stereocenters. The second kappa shape index (κ2) is 6.20. The molecule has 1 aliphatic rings. The van der Waals surface area contributed by atoms with E-state index in [2.05, 4.69) is 43.4 Å². The van der Waals surface area contributed by atoms with Crippen LogP contribution in [0.5, 0.6) is 0 Å². The standard InChI is InChI=1S/C16H25N/c1-13-9-11-15(12-10-13)14(2)17-16-7-5-3-4-6-8-16/h9-12,14,16-17H,3-8H2,1-2H3/t14-/m0/s1. The van der Waals surface area contributed by atoms with Gasteiger partial charge in [-0.3, -0.25) is 0 Å². The second-order valence-corrected chi connectivity index (χ2v) is 5.49. The molecule has 0 aromatic heterocycles. The van der Waals surface area contributed by atoms with Gasteiger partial charge in [0.05, 0.1) is 0 Å². The highest BCUT2D eigenvalue weighted by Gasteiger charge is 2.15. The summed E-state index contributed by atoms with van der Waals surface area (Å²) in [6, 6.07) is 10.1. The van der Waals surface area contributed by atoms with Crippen LogP contribution in [0.3, 0.4) is 0 Å². The van der Waals surface area contributed by atoms with E-state index in [0.29, 0.717) is 6.04 Å². The van der Waals surface area contributed by atoms with E-state index >= 15 is 0 Å². The molecule has 0 aliphatic heterocycles. The Hall–Kier alpha value is -0.820. The Morgan fingerprint density at radius 2 is 1.59 bits per heavy atom. The maximum atomic E-state index is 3.79. The van der Waals surface area contributed by atoms with Crippen molar-refractivity contribution in [1.29, 1.82) is 0 Å². The fourth-order valence-corrected chi connectivity index (χ4v) is 2.75. The summed E-state index contributed by atoms with van der Waals surface area (Å²) in [6.07, 6.45) is 8.37. The molecule has 1 nitrogen and oxygen atoms in total. The predicted molar refractivity (Wildman–Crippen MR) is 74.2 cm³/mol. The summed E-state index contributed by atoms with van der Waals surface area (Å²) in [5.74, 6) is 0. The number of nitrogens with one attached hydrogen (secondary N) is 1. The van der Waals surface area contributed by atoms with Crippen LogP contribution in [0.4, 0.5) is 0 Å². The van der Waals surface area contributed by atoms with E-state index in [-0.39, 0.29) is 0 Å². The monoisotopic (exact) mass is 231 g/mol. The van der Waals surface area contributed by atoms with Crippen molar-refractivity contribution in [2.24, 2.45) is 0 Å². The molecule has 0 radical (unpaired) electrons. The highest BCUT2D eigenvalue weighted by Crippen LogP contribution is 2.21. The first-order chi connectivity index (χ1) is 8.25. The molecule has 1 heteroatoms. The normalized spacial score (nSPS) is 19.9. The van der Waals surface area contributed by atoms with Crippen molar-refractivity contribution >= 4 is 0 Å². The van der Waals surface area contributed by atoms with Crippen molar-refractivity contribution in [3.63, 3.8) is 0 Å². The largest absolute Gasteiger partial charge is 0.307 e. The molecule has 0 saturated heterocycles. The van der Waals surface area contributed by atoms with E-state index in [9.17, 15) is 0 Å². The molecule has 0 bridgehead atoms. The van der Waals surface area contributed by atoms with Crippen LogP contribution < -0.4 is 5.32 Å². The molecule has 1 saturated carbocycles. The van der Waals surface area contributed by atoms with Gasteiger partial charge in [0.25, 0.3) is 0 Å². The first-order valence-electron chi connectivity index (χ1n) is 7.08. The van der Waals surface area contributed by atoms with Crippen LogP contribution in [0.1, 0.15) is 62.6 Å². The van der Waals surface area contributed by atoms with Crippen molar-refractivity contribution in [2.75, 3.05) is 0 Å². The lowest BCUT2D eigenvalue weighted by atomic mass is 10.0. The molecular formula is C16H25N. The number of hydrogen-bond donors (Lipinski definition) is 1. The van der Waals surface area contributed by atoms with Gasteiger partial charge >= 0.3 is 0 Å². The lowest BCUT2D eigenvalue weighted by Gasteiger charge is -2.22. The number of benzene rings is 1. The number of aryl methyl sites for hydroxylation is 1. The summed E-state index contributed by atoms with van der Waals surface area (Å²) < 4.78 is 0. The second-order valence-electron chi connectivity index (χ2n) is 5.49. The highest BCUT2D eigenvalue weighted by atomic mass is 14.9. The molecule has 0 heterocycles. The topological polar surface area (TPSA) is 12.0 Å². The molecule has 1 fully saturated rings. The van der Waals surface area contributed by atoms with Gasteiger partial charge in [-0.15, -0.1) is 0 Å². The molecular weight excluding hydrogens is 206 g/mol. The van der Waals surface area contributed by atoms with Gasteiger partial charge < -0.3 is 5.32 Å².